The van der Waals surface area contributed by atoms with E-state index in [1.807, 2.05) is 0 Å². The molecule has 0 heterocycles. The number of sulfonamides is 2. The maximum atomic E-state index is 13.1. The Morgan fingerprint density at radius 3 is 2.04 bits per heavy atom. The molecular weight excluding hydrogens is 355 g/mol. The van der Waals surface area contributed by atoms with Gasteiger partial charge in [0.05, 0.1) is 9.79 Å². The van der Waals surface area contributed by atoms with Gasteiger partial charge in [-0.1, -0.05) is 0 Å². The van der Waals surface area contributed by atoms with Crippen LogP contribution in [0.3, 0.4) is 0 Å². The molecule has 0 aliphatic carbocycles. The SMILES string of the molecule is Cc1cc(F)ccc1S(=O)(=O)Nc1ccc(S(=O)(=O)N(C)C)cc1. The van der Waals surface area contributed by atoms with Crippen molar-refractivity contribution in [2.24, 2.45) is 0 Å². The second-order valence-electron chi connectivity index (χ2n) is 5.33. The Labute approximate surface area is 141 Å². The number of hydrogen-bond donors (Lipinski definition) is 1. The van der Waals surface area contributed by atoms with Gasteiger partial charge in [0.2, 0.25) is 10.0 Å². The number of nitrogens with zero attached hydrogens (tertiary/aromatic N) is 1. The molecule has 0 bridgehead atoms. The van der Waals surface area contributed by atoms with Gasteiger partial charge in [0.15, 0.2) is 0 Å². The van der Waals surface area contributed by atoms with Gasteiger partial charge >= 0.3 is 0 Å². The molecule has 0 saturated heterocycles. The van der Waals surface area contributed by atoms with E-state index in [0.29, 0.717) is 0 Å². The summed E-state index contributed by atoms with van der Waals surface area (Å²) in [4.78, 5) is 0.00213. The van der Waals surface area contributed by atoms with Gasteiger partial charge in [-0.15, -0.1) is 0 Å². The summed E-state index contributed by atoms with van der Waals surface area (Å²) < 4.78 is 65.2. The molecule has 0 radical (unpaired) electrons. The Bertz CT molecular complexity index is 953. The summed E-state index contributed by atoms with van der Waals surface area (Å²) in [6.45, 7) is 1.49. The van der Waals surface area contributed by atoms with Gasteiger partial charge in [0, 0.05) is 19.8 Å². The third-order valence-corrected chi connectivity index (χ3v) is 6.68. The molecule has 0 unspecified atom stereocenters. The van der Waals surface area contributed by atoms with Crippen molar-refractivity contribution >= 4 is 25.7 Å². The van der Waals surface area contributed by atoms with Crippen molar-refractivity contribution < 1.29 is 21.2 Å². The van der Waals surface area contributed by atoms with E-state index in [1.165, 1.54) is 51.4 Å². The smallest absolute Gasteiger partial charge is 0.262 e. The summed E-state index contributed by atoms with van der Waals surface area (Å²) >= 11 is 0. The summed E-state index contributed by atoms with van der Waals surface area (Å²) in [5.41, 5.74) is 0.478. The summed E-state index contributed by atoms with van der Waals surface area (Å²) in [6, 6.07) is 8.70. The zero-order valence-corrected chi connectivity index (χ0v) is 14.9. The second kappa shape index (κ2) is 6.50. The molecule has 0 amide bonds. The number of rotatable bonds is 5. The third-order valence-electron chi connectivity index (χ3n) is 3.31. The summed E-state index contributed by atoms with van der Waals surface area (Å²) in [5.74, 6) is -0.523. The fourth-order valence-electron chi connectivity index (χ4n) is 2.03. The van der Waals surface area contributed by atoms with Gasteiger partial charge in [-0.2, -0.15) is 0 Å². The summed E-state index contributed by atoms with van der Waals surface area (Å²) in [5, 5.41) is 0. The average Bonchev–Trinajstić information content (AvgIpc) is 2.46. The Balaban J connectivity index is 2.31. The van der Waals surface area contributed by atoms with Crippen LogP contribution in [0.2, 0.25) is 0 Å². The van der Waals surface area contributed by atoms with E-state index in [1.54, 1.807) is 0 Å². The van der Waals surface area contributed by atoms with E-state index < -0.39 is 25.9 Å². The molecule has 0 fully saturated rings. The third kappa shape index (κ3) is 3.74. The first kappa shape index (κ1) is 18.4. The Kier molecular flexibility index (Phi) is 4.97. The molecule has 0 atom stereocenters. The van der Waals surface area contributed by atoms with Gasteiger partial charge in [-0.3, -0.25) is 4.72 Å². The number of aryl methyl sites for hydroxylation is 1. The predicted molar refractivity (Wildman–Crippen MR) is 89.3 cm³/mol. The van der Waals surface area contributed by atoms with E-state index in [-0.39, 0.29) is 21.0 Å². The lowest BCUT2D eigenvalue weighted by Crippen LogP contribution is -2.22. The number of anilines is 1. The lowest BCUT2D eigenvalue weighted by Gasteiger charge is -2.13. The fourth-order valence-corrected chi connectivity index (χ4v) is 4.22. The molecule has 6 nitrogen and oxygen atoms in total. The zero-order chi connectivity index (χ0) is 18.1. The topological polar surface area (TPSA) is 83.5 Å². The summed E-state index contributed by atoms with van der Waals surface area (Å²) in [6.07, 6.45) is 0. The largest absolute Gasteiger partial charge is 0.280 e. The molecule has 0 aromatic heterocycles. The highest BCUT2D eigenvalue weighted by atomic mass is 32.2. The Hall–Kier alpha value is -1.97. The van der Waals surface area contributed by atoms with Crippen molar-refractivity contribution in [1.82, 2.24) is 4.31 Å². The van der Waals surface area contributed by atoms with Crippen molar-refractivity contribution in [3.8, 4) is 0 Å². The first-order valence-corrected chi connectivity index (χ1v) is 9.78. The zero-order valence-electron chi connectivity index (χ0n) is 13.3. The van der Waals surface area contributed by atoms with E-state index >= 15 is 0 Å². The normalized spacial score (nSPS) is 12.4. The van der Waals surface area contributed by atoms with Crippen molar-refractivity contribution in [1.29, 1.82) is 0 Å². The van der Waals surface area contributed by atoms with Crippen LogP contribution in [-0.2, 0) is 20.0 Å². The highest BCUT2D eigenvalue weighted by Gasteiger charge is 2.19. The molecule has 0 spiro atoms. The van der Waals surface area contributed by atoms with E-state index in [2.05, 4.69) is 4.72 Å². The summed E-state index contributed by atoms with van der Waals surface area (Å²) in [7, 11) is -4.68. The molecule has 9 heteroatoms. The standard InChI is InChI=1S/C15H17FN2O4S2/c1-11-10-12(16)4-9-15(11)23(19,20)17-13-5-7-14(8-6-13)24(21,22)18(2)3/h4-10,17H,1-3H3. The number of halogens is 1. The highest BCUT2D eigenvalue weighted by Crippen LogP contribution is 2.22. The van der Waals surface area contributed by atoms with Crippen LogP contribution in [0.5, 0.6) is 0 Å². The maximum absolute atomic E-state index is 13.1. The van der Waals surface area contributed by atoms with Crippen molar-refractivity contribution in [2.75, 3.05) is 18.8 Å². The van der Waals surface area contributed by atoms with Crippen LogP contribution in [0.1, 0.15) is 5.56 Å². The first-order valence-electron chi connectivity index (χ1n) is 6.85. The van der Waals surface area contributed by atoms with Gasteiger partial charge in [0.25, 0.3) is 10.0 Å². The van der Waals surface area contributed by atoms with E-state index in [9.17, 15) is 21.2 Å². The van der Waals surface area contributed by atoms with E-state index in [0.717, 1.165) is 16.4 Å². The average molecular weight is 372 g/mol. The molecule has 2 aromatic rings. The minimum atomic E-state index is -3.90. The molecule has 0 aliphatic heterocycles. The van der Waals surface area contributed by atoms with Crippen LogP contribution in [0, 0.1) is 12.7 Å². The minimum absolute atomic E-state index is 0.0473. The van der Waals surface area contributed by atoms with Crippen LogP contribution < -0.4 is 4.72 Å². The number of hydrogen-bond acceptors (Lipinski definition) is 4. The van der Waals surface area contributed by atoms with Crippen LogP contribution in [-0.4, -0.2) is 35.2 Å². The van der Waals surface area contributed by atoms with Crippen molar-refractivity contribution in [3.63, 3.8) is 0 Å². The quantitative estimate of drug-likeness (QED) is 0.872. The number of benzene rings is 2. The van der Waals surface area contributed by atoms with E-state index in [4.69, 9.17) is 0 Å². The van der Waals surface area contributed by atoms with Crippen LogP contribution in [0.25, 0.3) is 0 Å². The lowest BCUT2D eigenvalue weighted by molar-refractivity contribution is 0.521. The van der Waals surface area contributed by atoms with Crippen molar-refractivity contribution in [3.05, 3.63) is 53.8 Å². The molecule has 1 N–H and O–H groups in total. The minimum Gasteiger partial charge on any atom is -0.280 e. The molecular formula is C15H17FN2O4S2. The molecule has 130 valence electrons. The first-order chi connectivity index (χ1) is 11.0. The Morgan fingerprint density at radius 1 is 0.958 bits per heavy atom. The number of nitrogens with one attached hydrogen (secondary N) is 1. The lowest BCUT2D eigenvalue weighted by atomic mass is 10.2. The van der Waals surface area contributed by atoms with Gasteiger partial charge in [-0.05, 0) is 55.0 Å². The van der Waals surface area contributed by atoms with Gasteiger partial charge in [0.1, 0.15) is 5.82 Å². The second-order valence-corrected chi connectivity index (χ2v) is 9.13. The molecule has 0 aliphatic rings. The predicted octanol–water partition coefficient (Wildman–Crippen LogP) is 2.19. The molecule has 24 heavy (non-hydrogen) atoms. The monoisotopic (exact) mass is 372 g/mol. The molecule has 2 rings (SSSR count). The molecule has 0 saturated carbocycles. The van der Waals surface area contributed by atoms with Gasteiger partial charge < -0.3 is 0 Å². The molecule has 2 aromatic carbocycles. The highest BCUT2D eigenvalue weighted by molar-refractivity contribution is 7.92. The van der Waals surface area contributed by atoms with Crippen LogP contribution in [0.15, 0.2) is 52.3 Å². The van der Waals surface area contributed by atoms with Gasteiger partial charge in [-0.25, -0.2) is 25.5 Å². The maximum Gasteiger partial charge on any atom is 0.262 e. The fraction of sp³-hybridized carbons (Fsp3) is 0.200. The van der Waals surface area contributed by atoms with Crippen LogP contribution in [0.4, 0.5) is 10.1 Å². The Morgan fingerprint density at radius 2 is 1.54 bits per heavy atom. The van der Waals surface area contributed by atoms with Crippen LogP contribution >= 0.6 is 0 Å². The van der Waals surface area contributed by atoms with Crippen molar-refractivity contribution in [2.45, 2.75) is 16.7 Å².